The first-order chi connectivity index (χ1) is 8.96. The molecule has 1 rings (SSSR count). The summed E-state index contributed by atoms with van der Waals surface area (Å²) in [7, 11) is -1.62. The normalized spacial score (nSPS) is 14.7. The van der Waals surface area contributed by atoms with Crippen LogP contribution in [0, 0.1) is 11.3 Å². The molecule has 0 fully saturated rings. The van der Waals surface area contributed by atoms with Crippen LogP contribution in [0.15, 0.2) is 30.3 Å². The molecule has 3 nitrogen and oxygen atoms in total. The molecular weight excluding hydrogens is 278 g/mol. The third-order valence-corrected chi connectivity index (χ3v) is 3.76. The van der Waals surface area contributed by atoms with Crippen LogP contribution in [0.1, 0.15) is 11.7 Å². The van der Waals surface area contributed by atoms with Crippen LogP contribution in [0.3, 0.4) is 0 Å². The highest BCUT2D eigenvalue weighted by molar-refractivity contribution is 6.69. The zero-order valence-electron chi connectivity index (χ0n) is 11.6. The van der Waals surface area contributed by atoms with Crippen molar-refractivity contribution in [3.63, 3.8) is 0 Å². The van der Waals surface area contributed by atoms with Crippen molar-refractivity contribution in [1.29, 1.82) is 5.26 Å². The number of alkyl halides is 1. The molecule has 0 aliphatic rings. The number of rotatable bonds is 7. The number of hydrogen-bond donors (Lipinski definition) is 0. The standard InChI is InChI=1S/C14H20ClNO2Si/c1-19(2,3)17-11-14(18-13(9-15)10-16)12-7-5-4-6-8-12/h4-8,13-14H,9,11H2,1-3H3. The second-order valence-corrected chi connectivity index (χ2v) is 10.1. The molecule has 0 bridgehead atoms. The molecule has 1 aromatic carbocycles. The monoisotopic (exact) mass is 297 g/mol. The maximum Gasteiger partial charge on any atom is 0.183 e. The number of nitriles is 1. The second kappa shape index (κ2) is 7.66. The van der Waals surface area contributed by atoms with Crippen molar-refractivity contribution in [2.75, 3.05) is 12.5 Å². The highest BCUT2D eigenvalue weighted by Crippen LogP contribution is 2.21. The lowest BCUT2D eigenvalue weighted by Crippen LogP contribution is -2.30. The van der Waals surface area contributed by atoms with Gasteiger partial charge in [0.2, 0.25) is 0 Å². The zero-order chi connectivity index (χ0) is 14.3. The minimum Gasteiger partial charge on any atom is -0.415 e. The zero-order valence-corrected chi connectivity index (χ0v) is 13.4. The number of ether oxygens (including phenoxy) is 1. The molecular formula is C14H20ClNO2Si. The average Bonchev–Trinajstić information content (AvgIpc) is 2.39. The molecule has 5 heteroatoms. The van der Waals surface area contributed by atoms with Gasteiger partial charge in [0, 0.05) is 0 Å². The number of halogens is 1. The third-order valence-electron chi connectivity index (χ3n) is 2.45. The maximum atomic E-state index is 8.96. The molecule has 2 atom stereocenters. The first-order valence-electron chi connectivity index (χ1n) is 6.26. The van der Waals surface area contributed by atoms with Crippen molar-refractivity contribution < 1.29 is 9.16 Å². The Morgan fingerprint density at radius 1 is 1.26 bits per heavy atom. The topological polar surface area (TPSA) is 42.2 Å². The van der Waals surface area contributed by atoms with E-state index in [1.807, 2.05) is 30.3 Å². The Labute approximate surface area is 121 Å². The van der Waals surface area contributed by atoms with Gasteiger partial charge in [-0.3, -0.25) is 0 Å². The average molecular weight is 298 g/mol. The Morgan fingerprint density at radius 2 is 1.89 bits per heavy atom. The molecule has 0 aromatic heterocycles. The summed E-state index contributed by atoms with van der Waals surface area (Å²) in [6.45, 7) is 6.82. The summed E-state index contributed by atoms with van der Waals surface area (Å²) in [6, 6.07) is 11.8. The Hall–Kier alpha value is -0.863. The van der Waals surface area contributed by atoms with Crippen molar-refractivity contribution in [2.45, 2.75) is 31.8 Å². The van der Waals surface area contributed by atoms with Gasteiger partial charge in [-0.05, 0) is 25.2 Å². The Morgan fingerprint density at radius 3 is 2.37 bits per heavy atom. The first-order valence-corrected chi connectivity index (χ1v) is 10.2. The van der Waals surface area contributed by atoms with E-state index in [9.17, 15) is 0 Å². The lowest BCUT2D eigenvalue weighted by molar-refractivity contribution is -0.00381. The fourth-order valence-electron chi connectivity index (χ4n) is 1.51. The van der Waals surface area contributed by atoms with E-state index in [-0.39, 0.29) is 12.0 Å². The predicted octanol–water partition coefficient (Wildman–Crippen LogP) is 3.73. The van der Waals surface area contributed by atoms with E-state index in [1.165, 1.54) is 0 Å². The van der Waals surface area contributed by atoms with Gasteiger partial charge in [-0.15, -0.1) is 11.6 Å². The molecule has 2 unspecified atom stereocenters. The lowest BCUT2D eigenvalue weighted by Gasteiger charge is -2.25. The van der Waals surface area contributed by atoms with Gasteiger partial charge in [-0.1, -0.05) is 30.3 Å². The van der Waals surface area contributed by atoms with Crippen LogP contribution >= 0.6 is 11.6 Å². The van der Waals surface area contributed by atoms with Crippen LogP contribution < -0.4 is 0 Å². The van der Waals surface area contributed by atoms with Crippen LogP contribution in [0.4, 0.5) is 0 Å². The van der Waals surface area contributed by atoms with Crippen LogP contribution in [0.25, 0.3) is 0 Å². The molecule has 1 aromatic rings. The Bertz CT molecular complexity index is 414. The summed E-state index contributed by atoms with van der Waals surface area (Å²) in [4.78, 5) is 0. The smallest absolute Gasteiger partial charge is 0.183 e. The highest BCUT2D eigenvalue weighted by atomic mass is 35.5. The minimum atomic E-state index is -1.62. The van der Waals surface area contributed by atoms with Gasteiger partial charge in [0.15, 0.2) is 14.4 Å². The van der Waals surface area contributed by atoms with Gasteiger partial charge in [-0.2, -0.15) is 5.26 Å². The van der Waals surface area contributed by atoms with E-state index in [4.69, 9.17) is 26.0 Å². The molecule has 0 aliphatic heterocycles. The number of hydrogen-bond acceptors (Lipinski definition) is 3. The minimum absolute atomic E-state index is 0.160. The largest absolute Gasteiger partial charge is 0.415 e. The maximum absolute atomic E-state index is 8.96. The molecule has 0 aliphatic carbocycles. The molecule has 104 valence electrons. The lowest BCUT2D eigenvalue weighted by atomic mass is 10.1. The summed E-state index contributed by atoms with van der Waals surface area (Å²) < 4.78 is 11.6. The van der Waals surface area contributed by atoms with Crippen molar-refractivity contribution in [1.82, 2.24) is 0 Å². The fourth-order valence-corrected chi connectivity index (χ4v) is 2.30. The van der Waals surface area contributed by atoms with E-state index in [1.54, 1.807) is 0 Å². The summed E-state index contributed by atoms with van der Waals surface area (Å²) in [5.41, 5.74) is 1.01. The van der Waals surface area contributed by atoms with Crippen LogP contribution in [0.2, 0.25) is 19.6 Å². The van der Waals surface area contributed by atoms with E-state index in [2.05, 4.69) is 25.7 Å². The van der Waals surface area contributed by atoms with Crippen molar-refractivity contribution in [3.8, 4) is 6.07 Å². The van der Waals surface area contributed by atoms with Gasteiger partial charge in [0.05, 0.1) is 18.6 Å². The van der Waals surface area contributed by atoms with Crippen molar-refractivity contribution >= 4 is 19.9 Å². The van der Waals surface area contributed by atoms with Gasteiger partial charge in [-0.25, -0.2) is 0 Å². The first kappa shape index (κ1) is 16.2. The number of benzene rings is 1. The van der Waals surface area contributed by atoms with Gasteiger partial charge < -0.3 is 9.16 Å². The van der Waals surface area contributed by atoms with Gasteiger partial charge >= 0.3 is 0 Å². The number of nitrogens with zero attached hydrogens (tertiary/aromatic N) is 1. The molecule has 0 saturated carbocycles. The van der Waals surface area contributed by atoms with Crippen LogP contribution in [0.5, 0.6) is 0 Å². The molecule has 0 amide bonds. The predicted molar refractivity (Wildman–Crippen MR) is 79.7 cm³/mol. The fraction of sp³-hybridized carbons (Fsp3) is 0.500. The van der Waals surface area contributed by atoms with Gasteiger partial charge in [0.25, 0.3) is 0 Å². The van der Waals surface area contributed by atoms with E-state index in [0.29, 0.717) is 6.61 Å². The Balaban J connectivity index is 2.77. The van der Waals surface area contributed by atoms with Crippen LogP contribution in [-0.4, -0.2) is 26.9 Å². The quantitative estimate of drug-likeness (QED) is 0.569. The summed E-state index contributed by atoms with van der Waals surface area (Å²) in [5, 5.41) is 8.96. The molecule has 0 N–H and O–H groups in total. The SMILES string of the molecule is C[Si](C)(C)OCC(OC(C#N)CCl)c1ccccc1. The highest BCUT2D eigenvalue weighted by Gasteiger charge is 2.22. The van der Waals surface area contributed by atoms with E-state index < -0.39 is 14.4 Å². The Kier molecular flexibility index (Phi) is 6.53. The molecule has 0 radical (unpaired) electrons. The molecule has 0 spiro atoms. The third kappa shape index (κ3) is 6.21. The van der Waals surface area contributed by atoms with E-state index in [0.717, 1.165) is 5.56 Å². The van der Waals surface area contributed by atoms with Crippen molar-refractivity contribution in [3.05, 3.63) is 35.9 Å². The summed E-state index contributed by atoms with van der Waals surface area (Å²) in [6.07, 6.45) is -0.867. The molecule has 0 saturated heterocycles. The molecule has 19 heavy (non-hydrogen) atoms. The van der Waals surface area contributed by atoms with Crippen molar-refractivity contribution in [2.24, 2.45) is 0 Å². The second-order valence-electron chi connectivity index (χ2n) is 5.23. The molecule has 0 heterocycles. The summed E-state index contributed by atoms with van der Waals surface area (Å²) >= 11 is 5.71. The summed E-state index contributed by atoms with van der Waals surface area (Å²) in [5.74, 6) is 0.160. The van der Waals surface area contributed by atoms with Gasteiger partial charge in [0.1, 0.15) is 6.10 Å². The van der Waals surface area contributed by atoms with Crippen LogP contribution in [-0.2, 0) is 9.16 Å². The van der Waals surface area contributed by atoms with E-state index >= 15 is 0 Å².